The molecule has 27 heavy (non-hydrogen) atoms. The zero-order chi connectivity index (χ0) is 19.9. The number of piperidine rings is 1. The highest BCUT2D eigenvalue weighted by atomic mass is 32.2. The summed E-state index contributed by atoms with van der Waals surface area (Å²) in [6.45, 7) is 11.4. The summed E-state index contributed by atoms with van der Waals surface area (Å²) in [5, 5.41) is 11.1. The minimum Gasteiger partial charge on any atom is -0.357 e. The Morgan fingerprint density at radius 3 is 2.59 bits per heavy atom. The maximum Gasteiger partial charge on any atom is 0.191 e. The molecule has 0 unspecified atom stereocenters. The predicted octanol–water partition coefficient (Wildman–Crippen LogP) is 2.48. The van der Waals surface area contributed by atoms with Gasteiger partial charge in [0, 0.05) is 32.2 Å². The molecule has 2 rings (SSSR count). The van der Waals surface area contributed by atoms with Gasteiger partial charge in [0.15, 0.2) is 15.8 Å². The Labute approximate surface area is 168 Å². The molecule has 8 heteroatoms. The van der Waals surface area contributed by atoms with Crippen LogP contribution >= 0.6 is 11.3 Å². The first-order chi connectivity index (χ1) is 12.7. The molecule has 1 aliphatic heterocycles. The molecule has 1 aliphatic rings. The van der Waals surface area contributed by atoms with Crippen molar-refractivity contribution in [2.75, 3.05) is 31.9 Å². The molecule has 154 valence electrons. The molecule has 1 saturated heterocycles. The largest absolute Gasteiger partial charge is 0.357 e. The van der Waals surface area contributed by atoms with Crippen molar-refractivity contribution in [2.24, 2.45) is 4.99 Å². The third kappa shape index (κ3) is 7.08. The van der Waals surface area contributed by atoms with E-state index >= 15 is 0 Å². The van der Waals surface area contributed by atoms with Crippen LogP contribution < -0.4 is 10.6 Å². The van der Waals surface area contributed by atoms with Crippen LogP contribution in [0.1, 0.15) is 46.1 Å². The van der Waals surface area contributed by atoms with Crippen molar-refractivity contribution >= 4 is 27.1 Å². The third-order valence-electron chi connectivity index (χ3n) is 4.82. The second-order valence-electron chi connectivity index (χ2n) is 8.02. The predicted molar refractivity (Wildman–Crippen MR) is 115 cm³/mol. The van der Waals surface area contributed by atoms with Gasteiger partial charge in [-0.1, -0.05) is 0 Å². The molecule has 0 aliphatic carbocycles. The van der Waals surface area contributed by atoms with Crippen molar-refractivity contribution in [1.82, 2.24) is 15.5 Å². The number of rotatable bonds is 7. The molecule has 0 saturated carbocycles. The van der Waals surface area contributed by atoms with Crippen LogP contribution in [0.3, 0.4) is 0 Å². The molecule has 0 atom stereocenters. The van der Waals surface area contributed by atoms with Gasteiger partial charge in [0.05, 0.1) is 17.0 Å². The van der Waals surface area contributed by atoms with E-state index < -0.39 is 14.6 Å². The molecular weight excluding hydrogens is 380 g/mol. The van der Waals surface area contributed by atoms with E-state index in [0.29, 0.717) is 6.04 Å². The Balaban J connectivity index is 1.82. The molecule has 2 N–H and O–H groups in total. The number of nitrogens with one attached hydrogen (secondary N) is 2. The van der Waals surface area contributed by atoms with Gasteiger partial charge in [0.1, 0.15) is 0 Å². The van der Waals surface area contributed by atoms with E-state index in [4.69, 9.17) is 0 Å². The Morgan fingerprint density at radius 2 is 2.04 bits per heavy atom. The molecule has 6 nitrogen and oxygen atoms in total. The molecule has 0 aromatic carbocycles. The number of guanidine groups is 1. The highest BCUT2D eigenvalue weighted by molar-refractivity contribution is 7.92. The summed E-state index contributed by atoms with van der Waals surface area (Å²) in [6, 6.07) is 2.57. The topological polar surface area (TPSA) is 73.8 Å². The van der Waals surface area contributed by atoms with Crippen LogP contribution in [-0.2, 0) is 16.4 Å². The second-order valence-corrected chi connectivity index (χ2v) is 11.7. The number of thiophene rings is 1. The lowest BCUT2D eigenvalue weighted by molar-refractivity contribution is 0.198. The summed E-state index contributed by atoms with van der Waals surface area (Å²) in [4.78, 5) is 6.98. The van der Waals surface area contributed by atoms with Crippen LogP contribution in [0, 0.1) is 0 Å². The van der Waals surface area contributed by atoms with Gasteiger partial charge in [-0.15, -0.1) is 0 Å². The minimum absolute atomic E-state index is 0.0756. The number of likely N-dealkylation sites (tertiary alicyclic amines) is 1. The number of aliphatic imine (C=N–C) groups is 1. The first kappa shape index (κ1) is 22.2. The van der Waals surface area contributed by atoms with E-state index in [1.807, 2.05) is 6.92 Å². The smallest absolute Gasteiger partial charge is 0.191 e. The van der Waals surface area contributed by atoms with E-state index in [2.05, 4.69) is 37.4 Å². The number of nitrogens with zero attached hydrogens (tertiary/aromatic N) is 2. The summed E-state index contributed by atoms with van der Waals surface area (Å²) < 4.78 is 23.7. The Kier molecular flexibility index (Phi) is 8.12. The number of sulfone groups is 1. The van der Waals surface area contributed by atoms with Crippen molar-refractivity contribution in [3.63, 3.8) is 0 Å². The summed E-state index contributed by atoms with van der Waals surface area (Å²) >= 11 is 1.75. The highest BCUT2D eigenvalue weighted by Crippen LogP contribution is 2.16. The Hall–Kier alpha value is -1.12. The van der Waals surface area contributed by atoms with E-state index in [1.165, 1.54) is 5.56 Å². The molecule has 2 heterocycles. The SMILES string of the molecule is CCNC(=NCCS(=O)(=O)C(C)(C)C)NC1CCN(Cc2ccsc2)CC1. The zero-order valence-corrected chi connectivity index (χ0v) is 18.6. The fraction of sp³-hybridized carbons (Fsp3) is 0.737. The molecule has 0 amide bonds. The van der Waals surface area contributed by atoms with Crippen LogP contribution in [0.4, 0.5) is 0 Å². The van der Waals surface area contributed by atoms with E-state index in [1.54, 1.807) is 32.1 Å². The first-order valence-electron chi connectivity index (χ1n) is 9.72. The van der Waals surface area contributed by atoms with Gasteiger partial charge >= 0.3 is 0 Å². The fourth-order valence-corrected chi connectivity index (χ4v) is 4.58. The van der Waals surface area contributed by atoms with Gasteiger partial charge in [0.2, 0.25) is 0 Å². The van der Waals surface area contributed by atoms with Crippen molar-refractivity contribution in [3.05, 3.63) is 22.4 Å². The summed E-state index contributed by atoms with van der Waals surface area (Å²) in [5.74, 6) is 0.796. The van der Waals surface area contributed by atoms with Crippen molar-refractivity contribution in [2.45, 2.75) is 57.9 Å². The fourth-order valence-electron chi connectivity index (χ4n) is 2.97. The maximum atomic E-state index is 12.2. The number of hydrogen-bond acceptors (Lipinski definition) is 5. The monoisotopic (exact) mass is 414 g/mol. The number of hydrogen-bond donors (Lipinski definition) is 2. The molecule has 1 aromatic rings. The Morgan fingerprint density at radius 1 is 1.33 bits per heavy atom. The average Bonchev–Trinajstić information content (AvgIpc) is 3.08. The van der Waals surface area contributed by atoms with Crippen molar-refractivity contribution < 1.29 is 8.42 Å². The van der Waals surface area contributed by atoms with E-state index in [0.717, 1.165) is 45.0 Å². The summed E-state index contributed by atoms with van der Waals surface area (Å²) in [5.41, 5.74) is 1.39. The minimum atomic E-state index is -3.14. The second kappa shape index (κ2) is 9.89. The lowest BCUT2D eigenvalue weighted by Gasteiger charge is -2.33. The molecular formula is C19H34N4O2S2. The van der Waals surface area contributed by atoms with Gasteiger partial charge in [-0.2, -0.15) is 11.3 Å². The molecule has 1 fully saturated rings. The molecule has 0 bridgehead atoms. The zero-order valence-electron chi connectivity index (χ0n) is 17.0. The molecule has 0 radical (unpaired) electrons. The van der Waals surface area contributed by atoms with E-state index in [9.17, 15) is 8.42 Å². The van der Waals surface area contributed by atoms with Crippen LogP contribution in [-0.4, -0.2) is 62.0 Å². The van der Waals surface area contributed by atoms with Gasteiger partial charge in [-0.05, 0) is 62.9 Å². The van der Waals surface area contributed by atoms with E-state index in [-0.39, 0.29) is 12.3 Å². The van der Waals surface area contributed by atoms with Gasteiger partial charge in [-0.3, -0.25) is 9.89 Å². The van der Waals surface area contributed by atoms with Crippen LogP contribution in [0.5, 0.6) is 0 Å². The summed E-state index contributed by atoms with van der Waals surface area (Å²) in [7, 11) is -3.14. The molecule has 1 aromatic heterocycles. The van der Waals surface area contributed by atoms with Crippen molar-refractivity contribution in [1.29, 1.82) is 0 Å². The third-order valence-corrected chi connectivity index (χ3v) is 8.14. The van der Waals surface area contributed by atoms with Gasteiger partial charge < -0.3 is 10.6 Å². The van der Waals surface area contributed by atoms with Gasteiger partial charge in [0.25, 0.3) is 0 Å². The highest BCUT2D eigenvalue weighted by Gasteiger charge is 2.28. The average molecular weight is 415 g/mol. The molecule has 0 spiro atoms. The van der Waals surface area contributed by atoms with Gasteiger partial charge in [-0.25, -0.2) is 8.42 Å². The normalized spacial score (nSPS) is 17.9. The lowest BCUT2D eigenvalue weighted by atomic mass is 10.0. The Bertz CT molecular complexity index is 686. The summed E-state index contributed by atoms with van der Waals surface area (Å²) in [6.07, 6.45) is 2.13. The van der Waals surface area contributed by atoms with Crippen molar-refractivity contribution in [3.8, 4) is 0 Å². The first-order valence-corrected chi connectivity index (χ1v) is 12.3. The van der Waals surface area contributed by atoms with Crippen LogP contribution in [0.25, 0.3) is 0 Å². The van der Waals surface area contributed by atoms with Crippen LogP contribution in [0.2, 0.25) is 0 Å². The quantitative estimate of drug-likeness (QED) is 0.530. The van der Waals surface area contributed by atoms with Crippen LogP contribution in [0.15, 0.2) is 21.8 Å². The lowest BCUT2D eigenvalue weighted by Crippen LogP contribution is -2.48. The maximum absolute atomic E-state index is 12.2. The standard InChI is InChI=1S/C19H34N4O2S2/c1-5-20-18(21-9-13-27(24,25)19(2,3)4)22-17-6-10-23(11-7-17)14-16-8-12-26-15-16/h8,12,15,17H,5-7,9-11,13-14H2,1-4H3,(H2,20,21,22).